The Morgan fingerprint density at radius 1 is 0.889 bits per heavy atom. The van der Waals surface area contributed by atoms with Gasteiger partial charge in [-0.1, -0.05) is 72.8 Å². The molecule has 6 atom stereocenters. The van der Waals surface area contributed by atoms with Gasteiger partial charge < -0.3 is 23.7 Å². The molecule has 4 rings (SSSR count). The van der Waals surface area contributed by atoms with E-state index in [0.717, 1.165) is 24.0 Å². The van der Waals surface area contributed by atoms with E-state index in [1.54, 1.807) is 0 Å². The molecule has 0 spiro atoms. The summed E-state index contributed by atoms with van der Waals surface area (Å²) in [6, 6.07) is 20.3. The summed E-state index contributed by atoms with van der Waals surface area (Å²) in [6.07, 6.45) is 5.99. The number of carbonyl (C=O) groups is 1. The maximum absolute atomic E-state index is 11.8. The molecule has 2 aromatic rings. The molecular weight excluding hydrogens is 456 g/mol. The minimum Gasteiger partial charge on any atom is -0.460 e. The van der Waals surface area contributed by atoms with E-state index >= 15 is 0 Å². The average molecular weight is 495 g/mol. The Hall–Kier alpha value is -2.51. The molecule has 2 aliphatic rings. The summed E-state index contributed by atoms with van der Waals surface area (Å²) in [5.41, 5.74) is 2.24. The van der Waals surface area contributed by atoms with Crippen LogP contribution < -0.4 is 0 Å². The van der Waals surface area contributed by atoms with Crippen LogP contribution in [0.4, 0.5) is 0 Å². The number of rotatable bonds is 11. The molecule has 0 bridgehead atoms. The molecule has 0 radical (unpaired) electrons. The van der Waals surface area contributed by atoms with Gasteiger partial charge in [-0.3, -0.25) is 4.79 Å². The molecule has 2 fully saturated rings. The van der Waals surface area contributed by atoms with Gasteiger partial charge >= 0.3 is 5.97 Å². The number of allylic oxidation sites excluding steroid dienone is 2. The first kappa shape index (κ1) is 26.6. The van der Waals surface area contributed by atoms with Gasteiger partial charge in [-0.15, -0.1) is 0 Å². The normalized spacial score (nSPS) is 28.1. The van der Waals surface area contributed by atoms with Crippen LogP contribution in [0.2, 0.25) is 0 Å². The van der Waals surface area contributed by atoms with Crippen molar-refractivity contribution >= 4 is 5.97 Å². The maximum atomic E-state index is 11.8. The zero-order valence-electron chi connectivity index (χ0n) is 21.3. The van der Waals surface area contributed by atoms with E-state index in [1.807, 2.05) is 61.5 Å². The van der Waals surface area contributed by atoms with Crippen LogP contribution >= 0.6 is 0 Å². The van der Waals surface area contributed by atoms with Gasteiger partial charge in [0.2, 0.25) is 0 Å². The van der Waals surface area contributed by atoms with Crippen LogP contribution in [0.5, 0.6) is 0 Å². The maximum Gasteiger partial charge on any atom is 0.302 e. The lowest BCUT2D eigenvalue weighted by Gasteiger charge is -2.47. The molecule has 0 unspecified atom stereocenters. The highest BCUT2D eigenvalue weighted by atomic mass is 16.6. The predicted molar refractivity (Wildman–Crippen MR) is 137 cm³/mol. The predicted octanol–water partition coefficient (Wildman–Crippen LogP) is 5.39. The first-order chi connectivity index (χ1) is 17.6. The van der Waals surface area contributed by atoms with Gasteiger partial charge in [-0.25, -0.2) is 0 Å². The second-order valence-corrected chi connectivity index (χ2v) is 9.53. The standard InChI is InChI=1S/C30H38O6/c1-3-4-7-16-25-27(34-22(2)31)18-29-28(35-25)17-26(33-20-24-14-10-6-11-15-24)30(36-29)21-32-19-23-12-8-5-9-13-23/h3-6,8-15,25-30H,7,16-21H2,1-2H3/b4-3-/t25-,26-,27+,28+,29-,30+/m0/s1. The second kappa shape index (κ2) is 13.7. The summed E-state index contributed by atoms with van der Waals surface area (Å²) in [5.74, 6) is -0.291. The van der Waals surface area contributed by atoms with Crippen molar-refractivity contribution in [2.24, 2.45) is 0 Å². The van der Waals surface area contributed by atoms with E-state index in [-0.39, 0.29) is 42.6 Å². The fraction of sp³-hybridized carbons (Fsp3) is 0.500. The van der Waals surface area contributed by atoms with Gasteiger partial charge in [0.1, 0.15) is 12.2 Å². The van der Waals surface area contributed by atoms with Crippen molar-refractivity contribution in [3.05, 3.63) is 83.9 Å². The molecule has 0 aromatic heterocycles. The fourth-order valence-corrected chi connectivity index (χ4v) is 4.96. The topological polar surface area (TPSA) is 63.2 Å². The number of ether oxygens (including phenoxy) is 5. The van der Waals surface area contributed by atoms with Crippen molar-refractivity contribution < 1.29 is 28.5 Å². The number of carbonyl (C=O) groups excluding carboxylic acids is 1. The van der Waals surface area contributed by atoms with Crippen LogP contribution in [0.25, 0.3) is 0 Å². The summed E-state index contributed by atoms with van der Waals surface area (Å²) in [5, 5.41) is 0. The van der Waals surface area contributed by atoms with E-state index < -0.39 is 0 Å². The number of benzene rings is 2. The van der Waals surface area contributed by atoms with Crippen LogP contribution in [0.1, 0.15) is 50.7 Å². The van der Waals surface area contributed by atoms with Gasteiger partial charge in [-0.2, -0.15) is 0 Å². The summed E-state index contributed by atoms with van der Waals surface area (Å²) in [7, 11) is 0. The summed E-state index contributed by atoms with van der Waals surface area (Å²) in [4.78, 5) is 11.8. The monoisotopic (exact) mass is 494 g/mol. The van der Waals surface area contributed by atoms with Crippen LogP contribution in [0.15, 0.2) is 72.8 Å². The fourth-order valence-electron chi connectivity index (χ4n) is 4.96. The van der Waals surface area contributed by atoms with Crippen molar-refractivity contribution in [2.45, 2.75) is 89.4 Å². The minimum atomic E-state index is -0.318. The summed E-state index contributed by atoms with van der Waals surface area (Å²) >= 11 is 0. The molecule has 0 aliphatic carbocycles. The Bertz CT molecular complexity index is 946. The quantitative estimate of drug-likeness (QED) is 0.308. The Balaban J connectivity index is 1.43. The highest BCUT2D eigenvalue weighted by Gasteiger charge is 2.46. The van der Waals surface area contributed by atoms with Crippen LogP contribution in [0, 0.1) is 0 Å². The lowest BCUT2D eigenvalue weighted by atomic mass is 9.89. The molecule has 6 nitrogen and oxygen atoms in total. The molecule has 0 N–H and O–H groups in total. The molecule has 194 valence electrons. The van der Waals surface area contributed by atoms with Gasteiger partial charge in [0.05, 0.1) is 44.2 Å². The van der Waals surface area contributed by atoms with Crippen molar-refractivity contribution in [1.82, 2.24) is 0 Å². The minimum absolute atomic E-state index is 0.112. The Kier molecular flexibility index (Phi) is 10.1. The van der Waals surface area contributed by atoms with Gasteiger partial charge in [0.15, 0.2) is 0 Å². The SMILES string of the molecule is C/C=C\CC[C@@H]1O[C@@H]2C[C@H](OCc3ccccc3)[C@@H](COCc3ccccc3)O[C@H]2C[C@H]1OC(C)=O. The van der Waals surface area contributed by atoms with Gasteiger partial charge in [0.25, 0.3) is 0 Å². The molecule has 2 heterocycles. The first-order valence-electron chi connectivity index (χ1n) is 13.0. The molecule has 2 aliphatic heterocycles. The van der Waals surface area contributed by atoms with Crippen molar-refractivity contribution in [3.8, 4) is 0 Å². The molecule has 2 saturated heterocycles. The van der Waals surface area contributed by atoms with E-state index in [0.29, 0.717) is 32.7 Å². The van der Waals surface area contributed by atoms with Gasteiger partial charge in [-0.05, 0) is 30.9 Å². The number of esters is 1. The summed E-state index contributed by atoms with van der Waals surface area (Å²) in [6.45, 7) is 4.89. The Morgan fingerprint density at radius 3 is 2.14 bits per heavy atom. The van der Waals surface area contributed by atoms with E-state index in [1.165, 1.54) is 6.92 Å². The van der Waals surface area contributed by atoms with Gasteiger partial charge in [0, 0.05) is 19.8 Å². The molecule has 36 heavy (non-hydrogen) atoms. The van der Waals surface area contributed by atoms with Crippen molar-refractivity contribution in [2.75, 3.05) is 6.61 Å². The van der Waals surface area contributed by atoms with Crippen LogP contribution in [0.3, 0.4) is 0 Å². The highest BCUT2D eigenvalue weighted by molar-refractivity contribution is 5.66. The van der Waals surface area contributed by atoms with Crippen molar-refractivity contribution in [1.29, 1.82) is 0 Å². The van der Waals surface area contributed by atoms with Crippen LogP contribution in [-0.4, -0.2) is 49.2 Å². The Morgan fingerprint density at radius 2 is 1.50 bits per heavy atom. The number of hydrogen-bond acceptors (Lipinski definition) is 6. The zero-order chi connectivity index (χ0) is 25.2. The summed E-state index contributed by atoms with van der Waals surface area (Å²) < 4.78 is 31.1. The second-order valence-electron chi connectivity index (χ2n) is 9.53. The van der Waals surface area contributed by atoms with Crippen LogP contribution in [-0.2, 0) is 41.7 Å². The van der Waals surface area contributed by atoms with Crippen molar-refractivity contribution in [3.63, 3.8) is 0 Å². The molecule has 0 amide bonds. The number of fused-ring (bicyclic) bond motifs is 1. The van der Waals surface area contributed by atoms with E-state index in [9.17, 15) is 4.79 Å². The third-order valence-corrected chi connectivity index (χ3v) is 6.74. The van der Waals surface area contributed by atoms with E-state index in [4.69, 9.17) is 23.7 Å². The molecule has 0 saturated carbocycles. The first-order valence-corrected chi connectivity index (χ1v) is 13.0. The smallest absolute Gasteiger partial charge is 0.302 e. The molecular formula is C30H38O6. The lowest BCUT2D eigenvalue weighted by Crippen LogP contribution is -2.57. The third-order valence-electron chi connectivity index (χ3n) is 6.74. The lowest BCUT2D eigenvalue weighted by molar-refractivity contribution is -0.261. The highest BCUT2D eigenvalue weighted by Crippen LogP contribution is 2.36. The molecule has 2 aromatic carbocycles. The van der Waals surface area contributed by atoms with E-state index in [2.05, 4.69) is 18.2 Å². The Labute approximate surface area is 214 Å². The zero-order valence-corrected chi connectivity index (χ0v) is 21.3. The third kappa shape index (κ3) is 7.74. The molecule has 6 heteroatoms. The number of hydrogen-bond donors (Lipinski definition) is 0. The average Bonchev–Trinajstić information content (AvgIpc) is 2.89. The largest absolute Gasteiger partial charge is 0.460 e.